The van der Waals surface area contributed by atoms with Crippen molar-refractivity contribution in [3.63, 3.8) is 0 Å². The predicted molar refractivity (Wildman–Crippen MR) is 79.1 cm³/mol. The molecule has 4 unspecified atom stereocenters. The fourth-order valence-electron chi connectivity index (χ4n) is 4.64. The lowest BCUT2D eigenvalue weighted by atomic mass is 10.0. The van der Waals surface area contributed by atoms with Crippen molar-refractivity contribution in [2.24, 2.45) is 23.7 Å². The van der Waals surface area contributed by atoms with E-state index in [1.807, 2.05) is 6.07 Å². The molecule has 3 heteroatoms. The van der Waals surface area contributed by atoms with E-state index >= 15 is 0 Å². The maximum atomic E-state index is 5.30. The lowest BCUT2D eigenvalue weighted by molar-refractivity contribution is 0.413. The van der Waals surface area contributed by atoms with Crippen LogP contribution < -0.4 is 10.1 Å². The van der Waals surface area contributed by atoms with Gasteiger partial charge in [0.05, 0.1) is 7.11 Å². The molecule has 0 heterocycles. The molecule has 0 saturated heterocycles. The second-order valence-corrected chi connectivity index (χ2v) is 7.21. The predicted octanol–water partition coefficient (Wildman–Crippen LogP) is 3.59. The van der Waals surface area contributed by atoms with Gasteiger partial charge in [0.15, 0.2) is 0 Å². The van der Waals surface area contributed by atoms with Gasteiger partial charge in [-0.1, -0.05) is 15.9 Å². The molecule has 2 nitrogen and oxygen atoms in total. The number of fused-ring (bicyclic) bond motifs is 5. The first-order valence-electron chi connectivity index (χ1n) is 7.33. The summed E-state index contributed by atoms with van der Waals surface area (Å²) in [6.07, 6.45) is 4.51. The summed E-state index contributed by atoms with van der Waals surface area (Å²) in [5.74, 6) is 5.03. The van der Waals surface area contributed by atoms with Gasteiger partial charge in [0.25, 0.3) is 0 Å². The van der Waals surface area contributed by atoms with E-state index in [1.165, 1.54) is 29.3 Å². The third-order valence-corrected chi connectivity index (χ3v) is 6.29. The standard InChI is InChI=1S/C16H20BrNO/c1-19-12-4-5-13(17)11(7-12)8-18-16-14-9-2-3-10(6-9)15(14)16/h4-5,7,9-10,14-16,18H,2-3,6,8H2,1H3. The average molecular weight is 322 g/mol. The fourth-order valence-corrected chi connectivity index (χ4v) is 5.03. The number of halogens is 1. The summed E-state index contributed by atoms with van der Waals surface area (Å²) in [5.41, 5.74) is 1.30. The summed E-state index contributed by atoms with van der Waals surface area (Å²) in [6, 6.07) is 7.00. The summed E-state index contributed by atoms with van der Waals surface area (Å²) in [6.45, 7) is 0.953. The van der Waals surface area contributed by atoms with Gasteiger partial charge >= 0.3 is 0 Å². The quantitative estimate of drug-likeness (QED) is 0.915. The highest BCUT2D eigenvalue weighted by molar-refractivity contribution is 9.10. The Balaban J connectivity index is 1.41. The molecule has 3 aliphatic carbocycles. The Labute approximate surface area is 123 Å². The first-order chi connectivity index (χ1) is 9.28. The molecule has 102 valence electrons. The highest BCUT2D eigenvalue weighted by Gasteiger charge is 2.64. The normalized spacial score (nSPS) is 38.3. The Morgan fingerprint density at radius 2 is 2.00 bits per heavy atom. The van der Waals surface area contributed by atoms with Crippen molar-refractivity contribution in [1.29, 1.82) is 0 Å². The van der Waals surface area contributed by atoms with E-state index in [9.17, 15) is 0 Å². The summed E-state index contributed by atoms with van der Waals surface area (Å²) >= 11 is 3.63. The molecule has 0 aromatic heterocycles. The molecular formula is C16H20BrNO. The first-order valence-corrected chi connectivity index (χ1v) is 8.13. The minimum atomic E-state index is 0.796. The van der Waals surface area contributed by atoms with E-state index < -0.39 is 0 Å². The van der Waals surface area contributed by atoms with E-state index in [4.69, 9.17) is 4.74 Å². The van der Waals surface area contributed by atoms with E-state index in [-0.39, 0.29) is 0 Å². The van der Waals surface area contributed by atoms with Crippen molar-refractivity contribution in [3.8, 4) is 5.75 Å². The van der Waals surface area contributed by atoms with Crippen LogP contribution >= 0.6 is 15.9 Å². The number of benzene rings is 1. The van der Waals surface area contributed by atoms with E-state index in [0.717, 1.165) is 42.0 Å². The van der Waals surface area contributed by atoms with Crippen LogP contribution in [0.3, 0.4) is 0 Å². The van der Waals surface area contributed by atoms with E-state index in [0.29, 0.717) is 0 Å². The minimum Gasteiger partial charge on any atom is -0.497 e. The molecule has 0 spiro atoms. The SMILES string of the molecule is COc1ccc(Br)c(CNC2C3C4CCC(C4)C23)c1. The molecular weight excluding hydrogens is 302 g/mol. The van der Waals surface area contributed by atoms with Gasteiger partial charge in [-0.15, -0.1) is 0 Å². The van der Waals surface area contributed by atoms with Gasteiger partial charge < -0.3 is 10.1 Å². The van der Waals surface area contributed by atoms with Crippen LogP contribution in [0.4, 0.5) is 0 Å². The highest BCUT2D eigenvalue weighted by Crippen LogP contribution is 2.65. The van der Waals surface area contributed by atoms with Gasteiger partial charge in [0.1, 0.15) is 5.75 Å². The number of hydrogen-bond acceptors (Lipinski definition) is 2. The Morgan fingerprint density at radius 1 is 1.26 bits per heavy atom. The van der Waals surface area contributed by atoms with Crippen molar-refractivity contribution in [1.82, 2.24) is 5.32 Å². The third kappa shape index (κ3) is 1.93. The molecule has 1 aromatic rings. The van der Waals surface area contributed by atoms with Gasteiger partial charge in [-0.05, 0) is 66.7 Å². The summed E-state index contributed by atoms with van der Waals surface area (Å²) in [7, 11) is 1.73. The van der Waals surface area contributed by atoms with Crippen LogP contribution in [-0.4, -0.2) is 13.2 Å². The van der Waals surface area contributed by atoms with Crippen molar-refractivity contribution in [2.75, 3.05) is 7.11 Å². The highest BCUT2D eigenvalue weighted by atomic mass is 79.9. The molecule has 0 amide bonds. The fraction of sp³-hybridized carbons (Fsp3) is 0.625. The lowest BCUT2D eigenvalue weighted by Gasteiger charge is -2.12. The molecule has 1 aromatic carbocycles. The number of rotatable bonds is 4. The second kappa shape index (κ2) is 4.49. The summed E-state index contributed by atoms with van der Waals surface area (Å²) in [5, 5.41) is 3.78. The Bertz CT molecular complexity index is 488. The topological polar surface area (TPSA) is 21.3 Å². The van der Waals surface area contributed by atoms with Crippen LogP contribution in [0.2, 0.25) is 0 Å². The molecule has 0 radical (unpaired) electrons. The van der Waals surface area contributed by atoms with Crippen molar-refractivity contribution >= 4 is 15.9 Å². The molecule has 2 bridgehead atoms. The zero-order valence-electron chi connectivity index (χ0n) is 11.2. The summed E-state index contributed by atoms with van der Waals surface area (Å²) < 4.78 is 6.48. The molecule has 0 aliphatic heterocycles. The largest absolute Gasteiger partial charge is 0.497 e. The number of hydrogen-bond donors (Lipinski definition) is 1. The zero-order valence-corrected chi connectivity index (χ0v) is 12.8. The van der Waals surface area contributed by atoms with Crippen LogP contribution in [0, 0.1) is 23.7 Å². The lowest BCUT2D eigenvalue weighted by Crippen LogP contribution is -2.22. The van der Waals surface area contributed by atoms with Crippen LogP contribution in [0.1, 0.15) is 24.8 Å². The molecule has 3 fully saturated rings. The van der Waals surface area contributed by atoms with Gasteiger partial charge in [0, 0.05) is 17.1 Å². The Kier molecular flexibility index (Phi) is 2.89. The molecule has 1 N–H and O–H groups in total. The first kappa shape index (κ1) is 12.2. The van der Waals surface area contributed by atoms with Gasteiger partial charge in [-0.2, -0.15) is 0 Å². The maximum absolute atomic E-state index is 5.30. The van der Waals surface area contributed by atoms with Crippen LogP contribution in [0.5, 0.6) is 5.75 Å². The second-order valence-electron chi connectivity index (χ2n) is 6.35. The Hall–Kier alpha value is -0.540. The van der Waals surface area contributed by atoms with Gasteiger partial charge in [0.2, 0.25) is 0 Å². The molecule has 3 saturated carbocycles. The van der Waals surface area contributed by atoms with E-state index in [2.05, 4.69) is 33.4 Å². The van der Waals surface area contributed by atoms with Crippen LogP contribution in [0.15, 0.2) is 22.7 Å². The number of methoxy groups -OCH3 is 1. The number of ether oxygens (including phenoxy) is 1. The van der Waals surface area contributed by atoms with Gasteiger partial charge in [-0.25, -0.2) is 0 Å². The summed E-state index contributed by atoms with van der Waals surface area (Å²) in [4.78, 5) is 0. The monoisotopic (exact) mass is 321 g/mol. The molecule has 3 aliphatic rings. The zero-order chi connectivity index (χ0) is 13.0. The van der Waals surface area contributed by atoms with Crippen molar-refractivity contribution in [2.45, 2.75) is 31.8 Å². The van der Waals surface area contributed by atoms with Crippen LogP contribution in [-0.2, 0) is 6.54 Å². The van der Waals surface area contributed by atoms with Crippen LogP contribution in [0.25, 0.3) is 0 Å². The average Bonchev–Trinajstić information content (AvgIpc) is 2.81. The van der Waals surface area contributed by atoms with Crippen molar-refractivity contribution in [3.05, 3.63) is 28.2 Å². The van der Waals surface area contributed by atoms with Crippen molar-refractivity contribution < 1.29 is 4.74 Å². The molecule has 19 heavy (non-hydrogen) atoms. The Morgan fingerprint density at radius 3 is 2.68 bits per heavy atom. The molecule has 4 atom stereocenters. The van der Waals surface area contributed by atoms with Gasteiger partial charge in [-0.3, -0.25) is 0 Å². The smallest absolute Gasteiger partial charge is 0.119 e. The number of nitrogens with one attached hydrogen (secondary N) is 1. The third-order valence-electron chi connectivity index (χ3n) is 5.52. The minimum absolute atomic E-state index is 0.796. The maximum Gasteiger partial charge on any atom is 0.119 e. The molecule has 4 rings (SSSR count). The van der Waals surface area contributed by atoms with E-state index in [1.54, 1.807) is 7.11 Å².